The summed E-state index contributed by atoms with van der Waals surface area (Å²) in [5, 5.41) is 9.93. The topological polar surface area (TPSA) is 23.0 Å². The van der Waals surface area contributed by atoms with Crippen LogP contribution in [0.2, 0.25) is 0 Å². The van der Waals surface area contributed by atoms with Gasteiger partial charge in [-0.2, -0.15) is 0 Å². The second-order valence-corrected chi connectivity index (χ2v) is 16.6. The van der Waals surface area contributed by atoms with Crippen LogP contribution in [0.5, 0.6) is 0 Å². The molecule has 4 heteroatoms. The number of hydrogen-bond donors (Lipinski definition) is 0. The zero-order chi connectivity index (χ0) is 37.9. The van der Waals surface area contributed by atoms with Crippen LogP contribution in [-0.2, 0) is 0 Å². The van der Waals surface area contributed by atoms with Gasteiger partial charge < -0.3 is 13.6 Å². The Bertz CT molecular complexity index is 3730. The van der Waals surface area contributed by atoms with Crippen molar-refractivity contribution in [3.63, 3.8) is 0 Å². The highest BCUT2D eigenvalue weighted by Gasteiger charge is 2.22. The lowest BCUT2D eigenvalue weighted by Gasteiger charge is -2.20. The van der Waals surface area contributed by atoms with E-state index in [0.717, 1.165) is 34.0 Å². The molecule has 1 aliphatic carbocycles. The van der Waals surface area contributed by atoms with Crippen LogP contribution in [0.25, 0.3) is 114 Å². The summed E-state index contributed by atoms with van der Waals surface area (Å²) in [7, 11) is 0. The fraction of sp³-hybridized carbons (Fsp3) is 0.0370. The average Bonchev–Trinajstić information content (AvgIpc) is 4.04. The van der Waals surface area contributed by atoms with Crippen molar-refractivity contribution in [2.75, 3.05) is 0 Å². The van der Waals surface area contributed by atoms with Crippen LogP contribution in [0.3, 0.4) is 0 Å². The number of para-hydroxylation sites is 4. The van der Waals surface area contributed by atoms with Crippen molar-refractivity contribution in [2.45, 2.75) is 12.5 Å². The van der Waals surface area contributed by atoms with E-state index in [1.807, 2.05) is 17.4 Å². The van der Waals surface area contributed by atoms with E-state index >= 15 is 0 Å². The summed E-state index contributed by atoms with van der Waals surface area (Å²) < 4.78 is 13.9. The fourth-order valence-electron chi connectivity index (χ4n) is 9.86. The lowest BCUT2D eigenvalue weighted by atomic mass is 9.99. The minimum Gasteiger partial charge on any atom is -0.456 e. The second kappa shape index (κ2) is 12.2. The number of nitrogens with zero attached hydrogens (tertiary/aromatic N) is 2. The molecule has 0 amide bonds. The van der Waals surface area contributed by atoms with E-state index in [1.54, 1.807) is 0 Å². The van der Waals surface area contributed by atoms with E-state index in [9.17, 15) is 0 Å². The molecule has 1 unspecified atom stereocenters. The van der Waals surface area contributed by atoms with Crippen molar-refractivity contribution in [1.82, 2.24) is 9.13 Å². The van der Waals surface area contributed by atoms with Gasteiger partial charge in [-0.1, -0.05) is 127 Å². The van der Waals surface area contributed by atoms with E-state index in [-0.39, 0.29) is 6.04 Å². The monoisotopic (exact) mass is 758 g/mol. The molecule has 0 radical (unpaired) electrons. The first-order chi connectivity index (χ1) is 28.8. The van der Waals surface area contributed by atoms with Crippen LogP contribution in [0, 0.1) is 0 Å². The average molecular weight is 759 g/mol. The molecule has 0 saturated carbocycles. The van der Waals surface area contributed by atoms with Gasteiger partial charge in [-0.05, 0) is 78.2 Å². The predicted molar refractivity (Wildman–Crippen MR) is 247 cm³/mol. The molecule has 3 nitrogen and oxygen atoms in total. The van der Waals surface area contributed by atoms with Crippen LogP contribution >= 0.6 is 11.3 Å². The van der Waals surface area contributed by atoms with Crippen LogP contribution in [0.1, 0.15) is 12.5 Å². The number of fused-ring (bicyclic) bond motifs is 12. The van der Waals surface area contributed by atoms with Crippen LogP contribution in [-0.4, -0.2) is 9.13 Å². The van der Waals surface area contributed by atoms with Gasteiger partial charge in [-0.25, -0.2) is 0 Å². The van der Waals surface area contributed by atoms with Gasteiger partial charge in [0.25, 0.3) is 0 Å². The SMILES string of the molecule is C1=CCC(n2c3ccccc3c3cccc(-c4ccc5c(c4)c4ccccc4n5-c4cc(-c5ccc6oc7ccccc7c6c5)c5sc6ccccc6c5c4)c32)C=C1. The number of hydrogen-bond acceptors (Lipinski definition) is 2. The Labute approximate surface area is 337 Å². The van der Waals surface area contributed by atoms with Gasteiger partial charge in [0, 0.05) is 74.8 Å². The maximum absolute atomic E-state index is 6.27. The third kappa shape index (κ3) is 4.55. The number of thiophene rings is 1. The molecule has 0 N–H and O–H groups in total. The molecular weight excluding hydrogens is 725 g/mol. The van der Waals surface area contributed by atoms with Gasteiger partial charge >= 0.3 is 0 Å². The summed E-state index contributed by atoms with van der Waals surface area (Å²) in [4.78, 5) is 0. The second-order valence-electron chi connectivity index (χ2n) is 15.6. The van der Waals surface area contributed by atoms with Crippen molar-refractivity contribution in [3.05, 3.63) is 188 Å². The van der Waals surface area contributed by atoms with Crippen molar-refractivity contribution in [3.8, 4) is 27.9 Å². The zero-order valence-corrected chi connectivity index (χ0v) is 32.2. The smallest absolute Gasteiger partial charge is 0.135 e. The maximum atomic E-state index is 6.27. The molecule has 0 spiro atoms. The molecule has 4 heterocycles. The highest BCUT2D eigenvalue weighted by molar-refractivity contribution is 7.26. The van der Waals surface area contributed by atoms with Gasteiger partial charge in [0.15, 0.2) is 0 Å². The van der Waals surface area contributed by atoms with Crippen LogP contribution < -0.4 is 0 Å². The lowest BCUT2D eigenvalue weighted by molar-refractivity contribution is 0.648. The Hall–Kier alpha value is -7.14. The number of aromatic nitrogens is 2. The number of furan rings is 1. The molecule has 0 aliphatic heterocycles. The molecule has 272 valence electrons. The van der Waals surface area contributed by atoms with E-state index in [2.05, 4.69) is 191 Å². The Morgan fingerprint density at radius 2 is 1.17 bits per heavy atom. The minimum atomic E-state index is 0.254. The molecule has 0 bridgehead atoms. The van der Waals surface area contributed by atoms with Gasteiger partial charge in [0.2, 0.25) is 0 Å². The highest BCUT2D eigenvalue weighted by Crippen LogP contribution is 2.46. The predicted octanol–water partition coefficient (Wildman–Crippen LogP) is 15.6. The number of rotatable bonds is 4. The van der Waals surface area contributed by atoms with Crippen molar-refractivity contribution in [2.24, 2.45) is 0 Å². The summed E-state index contributed by atoms with van der Waals surface area (Å²) in [5.74, 6) is 0. The zero-order valence-electron chi connectivity index (χ0n) is 31.4. The minimum absolute atomic E-state index is 0.254. The summed E-state index contributed by atoms with van der Waals surface area (Å²) in [5.41, 5.74) is 12.8. The van der Waals surface area contributed by atoms with E-state index in [1.165, 1.54) is 86.0 Å². The van der Waals surface area contributed by atoms with Crippen molar-refractivity contribution < 1.29 is 4.42 Å². The van der Waals surface area contributed by atoms with E-state index in [4.69, 9.17) is 4.42 Å². The number of benzene rings is 8. The lowest BCUT2D eigenvalue weighted by Crippen LogP contribution is -2.07. The molecule has 12 aromatic rings. The van der Waals surface area contributed by atoms with Gasteiger partial charge in [-0.3, -0.25) is 0 Å². The van der Waals surface area contributed by atoms with E-state index in [0.29, 0.717) is 0 Å². The molecule has 0 saturated heterocycles. The molecule has 4 aromatic heterocycles. The third-order valence-electron chi connectivity index (χ3n) is 12.4. The molecule has 58 heavy (non-hydrogen) atoms. The molecule has 13 rings (SSSR count). The Balaban J connectivity index is 1.06. The van der Waals surface area contributed by atoms with Gasteiger partial charge in [0.05, 0.1) is 22.6 Å². The van der Waals surface area contributed by atoms with Crippen LogP contribution in [0.4, 0.5) is 0 Å². The molecule has 1 atom stereocenters. The normalized spacial score (nSPS) is 14.5. The first kappa shape index (κ1) is 32.0. The largest absolute Gasteiger partial charge is 0.456 e. The first-order valence-electron chi connectivity index (χ1n) is 20.0. The molecule has 8 aromatic carbocycles. The van der Waals surface area contributed by atoms with Crippen LogP contribution in [0.15, 0.2) is 193 Å². The first-order valence-corrected chi connectivity index (χ1v) is 20.8. The molecule has 1 aliphatic rings. The highest BCUT2D eigenvalue weighted by atomic mass is 32.1. The Morgan fingerprint density at radius 1 is 0.483 bits per heavy atom. The Morgan fingerprint density at radius 3 is 2.05 bits per heavy atom. The fourth-order valence-corrected chi connectivity index (χ4v) is 11.1. The van der Waals surface area contributed by atoms with Crippen molar-refractivity contribution in [1.29, 1.82) is 0 Å². The molecule has 0 fully saturated rings. The quantitative estimate of drug-likeness (QED) is 0.175. The van der Waals surface area contributed by atoms with E-state index < -0.39 is 0 Å². The third-order valence-corrected chi connectivity index (χ3v) is 13.6. The summed E-state index contributed by atoms with van der Waals surface area (Å²) in [6.07, 6.45) is 9.96. The van der Waals surface area contributed by atoms with Crippen molar-refractivity contribution >= 4 is 97.1 Å². The van der Waals surface area contributed by atoms with Gasteiger partial charge in [-0.15, -0.1) is 11.3 Å². The van der Waals surface area contributed by atoms with Gasteiger partial charge in [0.1, 0.15) is 11.2 Å². The molecular formula is C54H34N2OS. The Kier molecular flexibility index (Phi) is 6.72. The number of allylic oxidation sites excluding steroid dienone is 4. The maximum Gasteiger partial charge on any atom is 0.135 e. The summed E-state index contributed by atoms with van der Waals surface area (Å²) in [6, 6.07) is 60.6. The summed E-state index contributed by atoms with van der Waals surface area (Å²) in [6.45, 7) is 0. The summed E-state index contributed by atoms with van der Waals surface area (Å²) >= 11 is 1.88. The standard InChI is InChI=1S/C54H34N2OS/c1-2-13-35(14-3-1)56-48-22-9-4-15-38(48)42-20-12-19-37(53(42)56)33-25-27-49-44(29-33)39-16-5-8-21-47(39)55(49)36-31-43(54-46(32-36)41-18-7-11-24-52(41)58-54)34-26-28-51-45(30-34)40-17-6-10-23-50(40)57-51/h1-13,15-32,35H,14H2.